The predicted molar refractivity (Wildman–Crippen MR) is 155 cm³/mol. The van der Waals surface area contributed by atoms with Crippen molar-refractivity contribution in [3.8, 4) is 17.1 Å². The number of imidazole rings is 1. The Balaban J connectivity index is 1.31. The van der Waals surface area contributed by atoms with E-state index in [1.54, 1.807) is 12.1 Å². The molecule has 1 aliphatic heterocycles. The molecule has 2 heterocycles. The van der Waals surface area contributed by atoms with E-state index in [0.717, 1.165) is 23.2 Å². The number of fused-ring (bicyclic) bond motifs is 2. The molecule has 0 atom stereocenters. The third kappa shape index (κ3) is 4.42. The minimum absolute atomic E-state index is 0.0899. The molecule has 6 nitrogen and oxygen atoms in total. The zero-order valence-corrected chi connectivity index (χ0v) is 22.4. The number of hydrogen-bond donors (Lipinski definition) is 1. The molecule has 0 amide bonds. The molecule has 0 radical (unpaired) electrons. The first-order valence-corrected chi connectivity index (χ1v) is 13.3. The van der Waals surface area contributed by atoms with Gasteiger partial charge in [-0.05, 0) is 59.5 Å². The lowest BCUT2D eigenvalue weighted by atomic mass is 9.87. The van der Waals surface area contributed by atoms with E-state index in [0.29, 0.717) is 30.2 Å². The highest BCUT2D eigenvalue weighted by Gasteiger charge is 2.35. The summed E-state index contributed by atoms with van der Waals surface area (Å²) in [5.41, 5.74) is 8.62. The van der Waals surface area contributed by atoms with Crippen LogP contribution in [-0.4, -0.2) is 33.8 Å². The van der Waals surface area contributed by atoms with Crippen LogP contribution >= 0.6 is 0 Å². The molecule has 0 spiro atoms. The first-order valence-electron chi connectivity index (χ1n) is 13.3. The summed E-state index contributed by atoms with van der Waals surface area (Å²) in [5.74, 6) is -0.982. The molecule has 6 heteroatoms. The van der Waals surface area contributed by atoms with Crippen LogP contribution in [0.15, 0.2) is 91.0 Å². The SMILES string of the molecule is CCOc1nc2cccc(C(=O)O)c2n1Cc1ccc(-c2cccc(N3CC(C)(C)c4ccccc43)c2)cc1. The van der Waals surface area contributed by atoms with Crippen LogP contribution in [0.1, 0.15) is 42.3 Å². The maximum absolute atomic E-state index is 11.9. The Morgan fingerprint density at radius 1 is 0.949 bits per heavy atom. The maximum Gasteiger partial charge on any atom is 0.337 e. The van der Waals surface area contributed by atoms with Gasteiger partial charge < -0.3 is 14.7 Å². The van der Waals surface area contributed by atoms with Gasteiger partial charge in [-0.2, -0.15) is 4.98 Å². The topological polar surface area (TPSA) is 67.6 Å². The zero-order chi connectivity index (χ0) is 27.1. The maximum atomic E-state index is 11.9. The van der Waals surface area contributed by atoms with Gasteiger partial charge in [0.1, 0.15) is 0 Å². The van der Waals surface area contributed by atoms with E-state index in [4.69, 9.17) is 4.74 Å². The monoisotopic (exact) mass is 517 g/mol. The van der Waals surface area contributed by atoms with E-state index in [-0.39, 0.29) is 11.0 Å². The molecule has 1 N–H and O–H groups in total. The van der Waals surface area contributed by atoms with Crippen molar-refractivity contribution in [1.82, 2.24) is 9.55 Å². The van der Waals surface area contributed by atoms with Crippen LogP contribution in [0.4, 0.5) is 11.4 Å². The molecule has 0 bridgehead atoms. The van der Waals surface area contributed by atoms with Crippen LogP contribution in [-0.2, 0) is 12.0 Å². The molecule has 196 valence electrons. The van der Waals surface area contributed by atoms with Crippen LogP contribution in [0, 0.1) is 0 Å². The Hall–Kier alpha value is -4.58. The molecule has 0 unspecified atom stereocenters. The van der Waals surface area contributed by atoms with Crippen molar-refractivity contribution in [3.05, 3.63) is 108 Å². The number of aromatic nitrogens is 2. The summed E-state index contributed by atoms with van der Waals surface area (Å²) < 4.78 is 7.63. The van der Waals surface area contributed by atoms with Crippen molar-refractivity contribution in [2.75, 3.05) is 18.1 Å². The minimum Gasteiger partial charge on any atom is -0.478 e. The number of ether oxygens (including phenoxy) is 1. The number of para-hydroxylation sites is 2. The van der Waals surface area contributed by atoms with Gasteiger partial charge in [-0.3, -0.25) is 4.57 Å². The highest BCUT2D eigenvalue weighted by Crippen LogP contribution is 2.44. The van der Waals surface area contributed by atoms with Crippen molar-refractivity contribution in [3.63, 3.8) is 0 Å². The number of nitrogens with zero attached hydrogens (tertiary/aromatic N) is 3. The van der Waals surface area contributed by atoms with Gasteiger partial charge in [0, 0.05) is 23.3 Å². The van der Waals surface area contributed by atoms with Crippen LogP contribution in [0.2, 0.25) is 0 Å². The van der Waals surface area contributed by atoms with E-state index in [2.05, 4.69) is 96.5 Å². The number of aromatic carboxylic acids is 1. The summed E-state index contributed by atoms with van der Waals surface area (Å²) >= 11 is 0. The normalized spacial score (nSPS) is 14.0. The van der Waals surface area contributed by atoms with Crippen LogP contribution in [0.5, 0.6) is 6.01 Å². The summed E-state index contributed by atoms with van der Waals surface area (Å²) in [7, 11) is 0. The van der Waals surface area contributed by atoms with Gasteiger partial charge in [0.15, 0.2) is 0 Å². The minimum atomic E-state index is -0.982. The zero-order valence-electron chi connectivity index (χ0n) is 22.4. The van der Waals surface area contributed by atoms with Gasteiger partial charge >= 0.3 is 5.97 Å². The summed E-state index contributed by atoms with van der Waals surface area (Å²) in [5, 5.41) is 9.77. The average Bonchev–Trinajstić information content (AvgIpc) is 3.43. The molecular weight excluding hydrogens is 486 g/mol. The molecule has 1 aliphatic rings. The largest absolute Gasteiger partial charge is 0.478 e. The molecule has 1 aromatic heterocycles. The fourth-order valence-electron chi connectivity index (χ4n) is 5.64. The Kier molecular flexibility index (Phi) is 6.10. The smallest absolute Gasteiger partial charge is 0.337 e. The average molecular weight is 518 g/mol. The molecular formula is C33H31N3O3. The molecule has 0 saturated carbocycles. The number of carboxylic acid groups (broad SMARTS) is 1. The number of anilines is 2. The number of benzene rings is 4. The Bertz CT molecular complexity index is 1680. The van der Waals surface area contributed by atoms with Crippen molar-refractivity contribution in [2.24, 2.45) is 0 Å². The van der Waals surface area contributed by atoms with Crippen molar-refractivity contribution < 1.29 is 14.6 Å². The molecule has 5 aromatic rings. The lowest BCUT2D eigenvalue weighted by Gasteiger charge is -2.23. The first-order chi connectivity index (χ1) is 18.9. The first kappa shape index (κ1) is 24.7. The fraction of sp³-hybridized carbons (Fsp3) is 0.212. The molecule has 0 fully saturated rings. The Labute approximate surface area is 228 Å². The second-order valence-electron chi connectivity index (χ2n) is 10.6. The number of carbonyl (C=O) groups is 1. The molecule has 0 saturated heterocycles. The van der Waals surface area contributed by atoms with Gasteiger partial charge in [-0.25, -0.2) is 4.79 Å². The Morgan fingerprint density at radius 3 is 2.49 bits per heavy atom. The van der Waals surface area contributed by atoms with Gasteiger partial charge in [-0.1, -0.05) is 74.5 Å². The standard InChI is InChI=1S/C33H31N3O3/c1-4-39-32-34-28-13-8-11-26(31(37)38)30(28)35(32)20-22-15-17-23(18-16-22)24-9-7-10-25(19-24)36-21-33(2,3)27-12-5-6-14-29(27)36/h5-19H,4,20-21H2,1-3H3,(H,37,38). The van der Waals surface area contributed by atoms with E-state index >= 15 is 0 Å². The summed E-state index contributed by atoms with van der Waals surface area (Å²) in [6.45, 7) is 8.33. The van der Waals surface area contributed by atoms with Gasteiger partial charge in [0.25, 0.3) is 6.01 Å². The van der Waals surface area contributed by atoms with E-state index < -0.39 is 5.97 Å². The third-order valence-electron chi connectivity index (χ3n) is 7.50. The lowest BCUT2D eigenvalue weighted by Crippen LogP contribution is -2.24. The highest BCUT2D eigenvalue weighted by atomic mass is 16.5. The summed E-state index contributed by atoms with van der Waals surface area (Å²) in [4.78, 5) is 18.9. The second kappa shape index (κ2) is 9.62. The fourth-order valence-corrected chi connectivity index (χ4v) is 5.64. The molecule has 0 aliphatic carbocycles. The quantitative estimate of drug-likeness (QED) is 0.246. The number of carboxylic acids is 1. The van der Waals surface area contributed by atoms with E-state index in [1.807, 2.05) is 17.6 Å². The lowest BCUT2D eigenvalue weighted by molar-refractivity contribution is 0.0698. The van der Waals surface area contributed by atoms with Crippen LogP contribution in [0.3, 0.4) is 0 Å². The van der Waals surface area contributed by atoms with Gasteiger partial charge in [0.2, 0.25) is 0 Å². The van der Waals surface area contributed by atoms with Crippen LogP contribution in [0.25, 0.3) is 22.2 Å². The summed E-state index contributed by atoms with van der Waals surface area (Å²) in [6, 6.07) is 31.3. The Morgan fingerprint density at radius 2 is 1.72 bits per heavy atom. The van der Waals surface area contributed by atoms with Gasteiger partial charge in [0.05, 0.1) is 29.7 Å². The molecule has 4 aromatic carbocycles. The molecule has 6 rings (SSSR count). The number of rotatable bonds is 7. The number of hydrogen-bond acceptors (Lipinski definition) is 4. The van der Waals surface area contributed by atoms with E-state index in [1.165, 1.54) is 16.9 Å². The van der Waals surface area contributed by atoms with Crippen molar-refractivity contribution >= 4 is 28.4 Å². The van der Waals surface area contributed by atoms with E-state index in [9.17, 15) is 9.90 Å². The van der Waals surface area contributed by atoms with Crippen LogP contribution < -0.4 is 9.64 Å². The highest BCUT2D eigenvalue weighted by molar-refractivity contribution is 6.01. The third-order valence-corrected chi connectivity index (χ3v) is 7.50. The van der Waals surface area contributed by atoms with Crippen molar-refractivity contribution in [1.29, 1.82) is 0 Å². The summed E-state index contributed by atoms with van der Waals surface area (Å²) in [6.07, 6.45) is 0. The van der Waals surface area contributed by atoms with Crippen molar-refractivity contribution in [2.45, 2.75) is 32.7 Å². The molecule has 39 heavy (non-hydrogen) atoms. The predicted octanol–water partition coefficient (Wildman–Crippen LogP) is 7.28. The second-order valence-corrected chi connectivity index (χ2v) is 10.6. The van der Waals surface area contributed by atoms with Gasteiger partial charge in [-0.15, -0.1) is 0 Å².